The maximum atomic E-state index is 13.5. The average Bonchev–Trinajstić information content (AvgIpc) is 2.17. The molecule has 82 valence electrons. The summed E-state index contributed by atoms with van der Waals surface area (Å²) in [4.78, 5) is 0. The van der Waals surface area contributed by atoms with Gasteiger partial charge in [-0.3, -0.25) is 0 Å². The van der Waals surface area contributed by atoms with E-state index in [0.29, 0.717) is 25.2 Å². The molecule has 1 aliphatic rings. The third kappa shape index (κ3) is 2.22. The molecule has 1 aromatic carbocycles. The van der Waals surface area contributed by atoms with Crippen molar-refractivity contribution in [3.63, 3.8) is 0 Å². The molecule has 0 atom stereocenters. The lowest BCUT2D eigenvalue weighted by Crippen LogP contribution is -2.47. The van der Waals surface area contributed by atoms with E-state index in [0.717, 1.165) is 4.47 Å². The second kappa shape index (κ2) is 4.20. The van der Waals surface area contributed by atoms with Crippen molar-refractivity contribution >= 4 is 15.9 Å². The number of hydrogen-bond donors (Lipinski definition) is 1. The van der Waals surface area contributed by atoms with Crippen LogP contribution >= 0.6 is 15.9 Å². The predicted octanol–water partition coefficient (Wildman–Crippen LogP) is 2.14. The number of aliphatic hydroxyl groups is 1. The highest BCUT2D eigenvalue weighted by atomic mass is 79.9. The molecule has 1 fully saturated rings. The molecule has 0 bridgehead atoms. The molecule has 0 spiro atoms. The van der Waals surface area contributed by atoms with Crippen LogP contribution in [0.2, 0.25) is 0 Å². The highest BCUT2D eigenvalue weighted by Crippen LogP contribution is 2.32. The van der Waals surface area contributed by atoms with E-state index < -0.39 is 0 Å². The summed E-state index contributed by atoms with van der Waals surface area (Å²) in [7, 11) is 0. The number of rotatable bonds is 3. The van der Waals surface area contributed by atoms with Gasteiger partial charge < -0.3 is 9.84 Å². The monoisotopic (exact) mass is 274 g/mol. The van der Waals surface area contributed by atoms with Crippen molar-refractivity contribution < 1.29 is 14.2 Å². The summed E-state index contributed by atoms with van der Waals surface area (Å²) in [6.07, 6.45) is 0.523. The zero-order valence-electron chi connectivity index (χ0n) is 8.17. The van der Waals surface area contributed by atoms with Crippen molar-refractivity contribution in [2.24, 2.45) is 5.41 Å². The SMILES string of the molecule is OCC1(Cc2cc(Br)ccc2F)COC1. The van der Waals surface area contributed by atoms with Gasteiger partial charge in [-0.05, 0) is 30.2 Å². The Morgan fingerprint density at radius 1 is 1.47 bits per heavy atom. The second-order valence-electron chi connectivity index (χ2n) is 4.06. The molecule has 0 radical (unpaired) electrons. The van der Waals surface area contributed by atoms with Crippen LogP contribution in [0.25, 0.3) is 0 Å². The summed E-state index contributed by atoms with van der Waals surface area (Å²) >= 11 is 3.31. The fourth-order valence-electron chi connectivity index (χ4n) is 1.72. The first kappa shape index (κ1) is 11.0. The maximum Gasteiger partial charge on any atom is 0.126 e. The first-order chi connectivity index (χ1) is 7.15. The van der Waals surface area contributed by atoms with Gasteiger partial charge in [0.2, 0.25) is 0 Å². The fourth-order valence-corrected chi connectivity index (χ4v) is 2.13. The number of benzene rings is 1. The summed E-state index contributed by atoms with van der Waals surface area (Å²) in [6.45, 7) is 1.06. The van der Waals surface area contributed by atoms with Gasteiger partial charge in [-0.25, -0.2) is 4.39 Å². The Bertz CT molecular complexity index is 358. The Balaban J connectivity index is 2.19. The van der Waals surface area contributed by atoms with Crippen molar-refractivity contribution in [3.8, 4) is 0 Å². The summed E-state index contributed by atoms with van der Waals surface area (Å²) in [5, 5.41) is 9.24. The van der Waals surface area contributed by atoms with Crippen molar-refractivity contribution in [2.75, 3.05) is 19.8 Å². The molecule has 1 N–H and O–H groups in total. The van der Waals surface area contributed by atoms with Crippen LogP contribution in [-0.2, 0) is 11.2 Å². The first-order valence-electron chi connectivity index (χ1n) is 4.78. The van der Waals surface area contributed by atoms with E-state index in [1.807, 2.05) is 0 Å². The van der Waals surface area contributed by atoms with Crippen LogP contribution < -0.4 is 0 Å². The van der Waals surface area contributed by atoms with Gasteiger partial charge in [-0.1, -0.05) is 15.9 Å². The third-order valence-corrected chi connectivity index (χ3v) is 3.22. The second-order valence-corrected chi connectivity index (χ2v) is 4.98. The molecule has 0 aliphatic carbocycles. The van der Waals surface area contributed by atoms with Crippen LogP contribution in [0.15, 0.2) is 22.7 Å². The van der Waals surface area contributed by atoms with Gasteiger partial charge in [0, 0.05) is 9.89 Å². The molecule has 1 saturated heterocycles. The van der Waals surface area contributed by atoms with Crippen molar-refractivity contribution in [3.05, 3.63) is 34.1 Å². The summed E-state index contributed by atoms with van der Waals surface area (Å²) in [5.41, 5.74) is 0.350. The van der Waals surface area contributed by atoms with Crippen LogP contribution in [0.3, 0.4) is 0 Å². The van der Waals surface area contributed by atoms with E-state index in [2.05, 4.69) is 15.9 Å². The smallest absolute Gasteiger partial charge is 0.126 e. The quantitative estimate of drug-likeness (QED) is 0.915. The molecule has 0 aromatic heterocycles. The van der Waals surface area contributed by atoms with Crippen molar-refractivity contribution in [1.82, 2.24) is 0 Å². The van der Waals surface area contributed by atoms with Crippen molar-refractivity contribution in [2.45, 2.75) is 6.42 Å². The minimum Gasteiger partial charge on any atom is -0.396 e. The molecular weight excluding hydrogens is 263 g/mol. The maximum absolute atomic E-state index is 13.5. The average molecular weight is 275 g/mol. The van der Waals surface area contributed by atoms with Gasteiger partial charge in [-0.15, -0.1) is 0 Å². The number of hydrogen-bond acceptors (Lipinski definition) is 2. The molecule has 1 aliphatic heterocycles. The molecule has 0 saturated carbocycles. The van der Waals surface area contributed by atoms with Gasteiger partial charge in [0.05, 0.1) is 19.8 Å². The van der Waals surface area contributed by atoms with Crippen molar-refractivity contribution in [1.29, 1.82) is 0 Å². The first-order valence-corrected chi connectivity index (χ1v) is 5.57. The molecule has 2 rings (SSSR count). The van der Waals surface area contributed by atoms with Crippen LogP contribution in [0.4, 0.5) is 4.39 Å². The van der Waals surface area contributed by atoms with Gasteiger partial charge in [0.25, 0.3) is 0 Å². The summed E-state index contributed by atoms with van der Waals surface area (Å²) in [6, 6.07) is 4.86. The molecule has 4 heteroatoms. The number of aliphatic hydroxyl groups excluding tert-OH is 1. The van der Waals surface area contributed by atoms with Gasteiger partial charge in [-0.2, -0.15) is 0 Å². The predicted molar refractivity (Wildman–Crippen MR) is 58.1 cm³/mol. The van der Waals surface area contributed by atoms with Gasteiger partial charge in [0.15, 0.2) is 0 Å². The Labute approximate surface area is 96.2 Å². The molecule has 0 unspecified atom stereocenters. The highest BCUT2D eigenvalue weighted by molar-refractivity contribution is 9.10. The van der Waals surface area contributed by atoms with Gasteiger partial charge >= 0.3 is 0 Å². The summed E-state index contributed by atoms with van der Waals surface area (Å²) < 4.78 is 19.4. The van der Waals surface area contributed by atoms with Crippen LogP contribution in [0.5, 0.6) is 0 Å². The molecule has 0 amide bonds. The molecule has 1 aromatic rings. The minimum absolute atomic E-state index is 0.0406. The standard InChI is InChI=1S/C11H12BrFO2/c12-9-1-2-10(13)8(3-9)4-11(5-14)6-15-7-11/h1-3,14H,4-7H2. The third-order valence-electron chi connectivity index (χ3n) is 2.73. The van der Waals surface area contributed by atoms with E-state index in [4.69, 9.17) is 4.74 Å². The largest absolute Gasteiger partial charge is 0.396 e. The summed E-state index contributed by atoms with van der Waals surface area (Å²) in [5.74, 6) is -0.224. The zero-order chi connectivity index (χ0) is 10.9. The van der Waals surface area contributed by atoms with E-state index in [1.165, 1.54) is 6.07 Å². The van der Waals surface area contributed by atoms with E-state index in [1.54, 1.807) is 12.1 Å². The number of ether oxygens (including phenoxy) is 1. The van der Waals surface area contributed by atoms with E-state index >= 15 is 0 Å². The van der Waals surface area contributed by atoms with E-state index in [-0.39, 0.29) is 17.8 Å². The lowest BCUT2D eigenvalue weighted by molar-refractivity contribution is -0.136. The minimum atomic E-state index is -0.276. The fraction of sp³-hybridized carbons (Fsp3) is 0.455. The topological polar surface area (TPSA) is 29.5 Å². The number of halogens is 2. The Kier molecular flexibility index (Phi) is 3.09. The van der Waals surface area contributed by atoms with Gasteiger partial charge in [0.1, 0.15) is 5.82 Å². The molecule has 1 heterocycles. The molecule has 2 nitrogen and oxygen atoms in total. The Hall–Kier alpha value is -0.450. The lowest BCUT2D eigenvalue weighted by atomic mass is 9.80. The van der Waals surface area contributed by atoms with Crippen LogP contribution in [-0.4, -0.2) is 24.9 Å². The van der Waals surface area contributed by atoms with Crippen LogP contribution in [0.1, 0.15) is 5.56 Å². The Morgan fingerprint density at radius 2 is 2.20 bits per heavy atom. The molecular formula is C11H12BrFO2. The Morgan fingerprint density at radius 3 is 2.73 bits per heavy atom. The molecule has 15 heavy (non-hydrogen) atoms. The zero-order valence-corrected chi connectivity index (χ0v) is 9.76. The highest BCUT2D eigenvalue weighted by Gasteiger charge is 2.38. The lowest BCUT2D eigenvalue weighted by Gasteiger charge is -2.40. The van der Waals surface area contributed by atoms with E-state index in [9.17, 15) is 9.50 Å². The normalized spacial score (nSPS) is 18.6. The van der Waals surface area contributed by atoms with Crippen LogP contribution in [0, 0.1) is 11.2 Å².